The van der Waals surface area contributed by atoms with Crippen LogP contribution >= 0.6 is 15.9 Å². The number of hydrogen-bond donors (Lipinski definition) is 1. The largest absolute Gasteiger partial charge is 0.468 e. The first kappa shape index (κ1) is 14.7. The van der Waals surface area contributed by atoms with Gasteiger partial charge >= 0.3 is 5.97 Å². The van der Waals surface area contributed by atoms with Gasteiger partial charge in [-0.3, -0.25) is 9.59 Å². The van der Waals surface area contributed by atoms with Crippen LogP contribution in [0.1, 0.15) is 18.9 Å². The summed E-state index contributed by atoms with van der Waals surface area (Å²) < 4.78 is 5.54. The van der Waals surface area contributed by atoms with E-state index >= 15 is 0 Å². The minimum Gasteiger partial charge on any atom is -0.468 e. The fourth-order valence-electron chi connectivity index (χ4n) is 1.56. The average Bonchev–Trinajstić information content (AvgIpc) is 2.37. The molecule has 0 spiro atoms. The quantitative estimate of drug-likeness (QED) is 0.670. The summed E-state index contributed by atoms with van der Waals surface area (Å²) in [5.41, 5.74) is 0.970. The summed E-state index contributed by atoms with van der Waals surface area (Å²) in [7, 11) is 1.28. The lowest BCUT2D eigenvalue weighted by atomic mass is 10.1. The van der Waals surface area contributed by atoms with Gasteiger partial charge in [0.2, 0.25) is 5.91 Å². The Balaban J connectivity index is 2.57. The molecule has 0 fully saturated rings. The molecule has 1 rings (SSSR count). The number of methoxy groups -OCH3 is 1. The normalized spacial score (nSPS) is 11.7. The second kappa shape index (κ2) is 7.16. The minimum atomic E-state index is -0.734. The molecule has 0 radical (unpaired) electrons. The molecule has 98 valence electrons. The first-order valence-corrected chi connectivity index (χ1v) is 6.47. The van der Waals surface area contributed by atoms with E-state index < -0.39 is 11.9 Å². The summed E-state index contributed by atoms with van der Waals surface area (Å²) >= 11 is 3.36. The predicted octanol–water partition coefficient (Wildman–Crippen LogP) is 2.26. The fourth-order valence-corrected chi connectivity index (χ4v) is 2.01. The maximum Gasteiger partial charge on any atom is 0.318 e. The predicted molar refractivity (Wildman–Crippen MR) is 71.8 cm³/mol. The smallest absolute Gasteiger partial charge is 0.318 e. The van der Waals surface area contributed by atoms with Crippen LogP contribution in [0.3, 0.4) is 0 Å². The molecule has 0 aliphatic heterocycles. The van der Waals surface area contributed by atoms with Crippen LogP contribution in [0, 0.1) is 5.92 Å². The molecule has 1 amide bonds. The molecule has 5 heteroatoms. The third-order valence-electron chi connectivity index (χ3n) is 2.57. The molecule has 0 saturated heterocycles. The van der Waals surface area contributed by atoms with E-state index in [9.17, 15) is 9.59 Å². The van der Waals surface area contributed by atoms with Crippen molar-refractivity contribution in [1.82, 2.24) is 5.32 Å². The highest BCUT2D eigenvalue weighted by molar-refractivity contribution is 9.10. The summed E-state index contributed by atoms with van der Waals surface area (Å²) in [4.78, 5) is 23.2. The summed E-state index contributed by atoms with van der Waals surface area (Å²) in [5.74, 6) is -1.53. The maximum absolute atomic E-state index is 11.8. The standard InChI is InChI=1S/C13H16BrNO3/c1-3-11(13(17)18-2)12(16)15-8-9-5-4-6-10(14)7-9/h4-7,11H,3,8H2,1-2H3,(H,15,16). The van der Waals surface area contributed by atoms with Gasteiger partial charge in [0.05, 0.1) is 7.11 Å². The van der Waals surface area contributed by atoms with Crippen molar-refractivity contribution in [2.75, 3.05) is 7.11 Å². The maximum atomic E-state index is 11.8. The van der Waals surface area contributed by atoms with E-state index in [4.69, 9.17) is 0 Å². The first-order chi connectivity index (χ1) is 8.58. The zero-order valence-electron chi connectivity index (χ0n) is 10.4. The van der Waals surface area contributed by atoms with Crippen LogP contribution < -0.4 is 5.32 Å². The number of carbonyl (C=O) groups is 2. The third-order valence-corrected chi connectivity index (χ3v) is 3.06. The number of carbonyl (C=O) groups excluding carboxylic acids is 2. The molecule has 1 unspecified atom stereocenters. The summed E-state index contributed by atoms with van der Waals surface area (Å²) in [6.45, 7) is 2.17. The zero-order chi connectivity index (χ0) is 13.5. The molecule has 0 bridgehead atoms. The highest BCUT2D eigenvalue weighted by atomic mass is 79.9. The Hall–Kier alpha value is -1.36. The number of halogens is 1. The van der Waals surface area contributed by atoms with Gasteiger partial charge in [-0.15, -0.1) is 0 Å². The van der Waals surface area contributed by atoms with Gasteiger partial charge in [0.1, 0.15) is 5.92 Å². The Labute approximate surface area is 115 Å². The van der Waals surface area contributed by atoms with E-state index in [1.165, 1.54) is 7.11 Å². The fraction of sp³-hybridized carbons (Fsp3) is 0.385. The lowest BCUT2D eigenvalue weighted by Crippen LogP contribution is -2.35. The van der Waals surface area contributed by atoms with Crippen LogP contribution in [-0.4, -0.2) is 19.0 Å². The van der Waals surface area contributed by atoms with Crippen molar-refractivity contribution >= 4 is 27.8 Å². The van der Waals surface area contributed by atoms with Gasteiger partial charge in [-0.05, 0) is 24.1 Å². The number of rotatable bonds is 5. The van der Waals surface area contributed by atoms with E-state index in [0.717, 1.165) is 10.0 Å². The molecule has 4 nitrogen and oxygen atoms in total. The average molecular weight is 314 g/mol. The van der Waals surface area contributed by atoms with Gasteiger partial charge in [0.25, 0.3) is 0 Å². The van der Waals surface area contributed by atoms with Crippen LogP contribution in [0.25, 0.3) is 0 Å². The lowest BCUT2D eigenvalue weighted by Gasteiger charge is -2.12. The Morgan fingerprint density at radius 3 is 2.72 bits per heavy atom. The van der Waals surface area contributed by atoms with Crippen LogP contribution in [-0.2, 0) is 20.9 Å². The van der Waals surface area contributed by atoms with Gasteiger partial charge in [-0.25, -0.2) is 0 Å². The van der Waals surface area contributed by atoms with Crippen molar-refractivity contribution < 1.29 is 14.3 Å². The molecule has 1 atom stereocenters. The zero-order valence-corrected chi connectivity index (χ0v) is 12.0. The van der Waals surface area contributed by atoms with Crippen LogP contribution in [0.5, 0.6) is 0 Å². The van der Waals surface area contributed by atoms with E-state index in [0.29, 0.717) is 13.0 Å². The number of nitrogens with one attached hydrogen (secondary N) is 1. The summed E-state index contributed by atoms with van der Waals surface area (Å²) in [5, 5.41) is 2.73. The molecule has 0 saturated carbocycles. The number of benzene rings is 1. The van der Waals surface area contributed by atoms with Crippen molar-refractivity contribution in [2.45, 2.75) is 19.9 Å². The van der Waals surface area contributed by atoms with Crippen molar-refractivity contribution in [1.29, 1.82) is 0 Å². The van der Waals surface area contributed by atoms with Gasteiger partial charge < -0.3 is 10.1 Å². The second-order valence-electron chi connectivity index (χ2n) is 3.83. The first-order valence-electron chi connectivity index (χ1n) is 5.68. The Morgan fingerprint density at radius 2 is 2.17 bits per heavy atom. The topological polar surface area (TPSA) is 55.4 Å². The Bertz CT molecular complexity index is 434. The Kier molecular flexibility index (Phi) is 5.85. The van der Waals surface area contributed by atoms with E-state index in [2.05, 4.69) is 26.0 Å². The number of esters is 1. The molecule has 18 heavy (non-hydrogen) atoms. The number of hydrogen-bond acceptors (Lipinski definition) is 3. The molecule has 0 heterocycles. The minimum absolute atomic E-state index is 0.302. The van der Waals surface area contributed by atoms with Gasteiger partial charge in [-0.2, -0.15) is 0 Å². The Morgan fingerprint density at radius 1 is 1.44 bits per heavy atom. The SMILES string of the molecule is CCC(C(=O)NCc1cccc(Br)c1)C(=O)OC. The lowest BCUT2D eigenvalue weighted by molar-refractivity contribution is -0.150. The van der Waals surface area contributed by atoms with E-state index in [1.807, 2.05) is 24.3 Å². The van der Waals surface area contributed by atoms with Gasteiger partial charge in [0, 0.05) is 11.0 Å². The molecular weight excluding hydrogens is 298 g/mol. The second-order valence-corrected chi connectivity index (χ2v) is 4.75. The summed E-state index contributed by atoms with van der Waals surface area (Å²) in [6, 6.07) is 7.63. The highest BCUT2D eigenvalue weighted by Crippen LogP contribution is 2.12. The van der Waals surface area contributed by atoms with E-state index in [1.54, 1.807) is 6.92 Å². The van der Waals surface area contributed by atoms with Crippen LogP contribution in [0.4, 0.5) is 0 Å². The number of ether oxygens (including phenoxy) is 1. The number of amides is 1. The van der Waals surface area contributed by atoms with Gasteiger partial charge in [-0.1, -0.05) is 35.0 Å². The molecule has 0 aliphatic rings. The van der Waals surface area contributed by atoms with Crippen molar-refractivity contribution in [2.24, 2.45) is 5.92 Å². The van der Waals surface area contributed by atoms with Crippen LogP contribution in [0.2, 0.25) is 0 Å². The monoisotopic (exact) mass is 313 g/mol. The van der Waals surface area contributed by atoms with Crippen molar-refractivity contribution in [3.8, 4) is 0 Å². The van der Waals surface area contributed by atoms with Crippen molar-refractivity contribution in [3.05, 3.63) is 34.3 Å². The molecular formula is C13H16BrNO3. The van der Waals surface area contributed by atoms with Crippen molar-refractivity contribution in [3.63, 3.8) is 0 Å². The summed E-state index contributed by atoms with van der Waals surface area (Å²) in [6.07, 6.45) is 0.428. The highest BCUT2D eigenvalue weighted by Gasteiger charge is 2.25. The molecule has 0 aromatic heterocycles. The molecule has 0 aliphatic carbocycles. The molecule has 1 N–H and O–H groups in total. The van der Waals surface area contributed by atoms with E-state index in [-0.39, 0.29) is 5.91 Å². The van der Waals surface area contributed by atoms with Crippen LogP contribution in [0.15, 0.2) is 28.7 Å². The third kappa shape index (κ3) is 4.14. The molecule has 1 aromatic carbocycles. The molecule has 1 aromatic rings. The van der Waals surface area contributed by atoms with Gasteiger partial charge in [0.15, 0.2) is 0 Å².